The van der Waals surface area contributed by atoms with Crippen LogP contribution in [-0.2, 0) is 0 Å². The average Bonchev–Trinajstić information content (AvgIpc) is 2.81. The van der Waals surface area contributed by atoms with Crippen molar-refractivity contribution < 1.29 is 14.3 Å². The summed E-state index contributed by atoms with van der Waals surface area (Å²) < 4.78 is 5.58. The largest absolute Gasteiger partial charge is 0.478 e. The number of fused-ring (bicyclic) bond motifs is 1. The van der Waals surface area contributed by atoms with Crippen LogP contribution in [-0.4, -0.2) is 21.0 Å². The van der Waals surface area contributed by atoms with Gasteiger partial charge in [-0.1, -0.05) is 6.07 Å². The summed E-state index contributed by atoms with van der Waals surface area (Å²) in [5, 5.41) is 8.93. The lowest BCUT2D eigenvalue weighted by Crippen LogP contribution is -1.94. The van der Waals surface area contributed by atoms with E-state index in [0.717, 1.165) is 5.69 Å². The van der Waals surface area contributed by atoms with E-state index in [1.807, 2.05) is 19.1 Å². The summed E-state index contributed by atoms with van der Waals surface area (Å²) in [4.78, 5) is 19.5. The van der Waals surface area contributed by atoms with Crippen molar-refractivity contribution in [2.45, 2.75) is 6.92 Å². The number of rotatable bonds is 2. The molecule has 0 bridgehead atoms. The minimum atomic E-state index is -0.986. The van der Waals surface area contributed by atoms with Gasteiger partial charge in [-0.3, -0.25) is 0 Å². The lowest BCUT2D eigenvalue weighted by molar-refractivity contribution is 0.0697. The predicted molar refractivity (Wildman–Crippen MR) is 68.9 cm³/mol. The molecule has 0 amide bonds. The number of carbonyl (C=O) groups is 1. The van der Waals surface area contributed by atoms with E-state index in [0.29, 0.717) is 22.7 Å². The highest BCUT2D eigenvalue weighted by atomic mass is 16.4. The molecule has 3 aromatic rings. The van der Waals surface area contributed by atoms with Gasteiger partial charge in [-0.25, -0.2) is 14.8 Å². The molecule has 19 heavy (non-hydrogen) atoms. The number of nitrogens with zero attached hydrogens (tertiary/aromatic N) is 2. The number of aryl methyl sites for hydroxylation is 1. The molecule has 0 unspecified atom stereocenters. The topological polar surface area (TPSA) is 76.2 Å². The monoisotopic (exact) mass is 254 g/mol. The standard InChI is InChI=1S/C14H10N2O3/c1-8-3-2-4-10(15-8)13-16-11-7-9(14(17)18)5-6-12(11)19-13/h2-7H,1H3,(H,17,18). The fourth-order valence-electron chi connectivity index (χ4n) is 1.83. The van der Waals surface area contributed by atoms with Crippen LogP contribution in [0.4, 0.5) is 0 Å². The third kappa shape index (κ3) is 2.06. The van der Waals surface area contributed by atoms with E-state index < -0.39 is 5.97 Å². The molecule has 0 fully saturated rings. The van der Waals surface area contributed by atoms with Crippen LogP contribution < -0.4 is 0 Å². The maximum Gasteiger partial charge on any atom is 0.335 e. The van der Waals surface area contributed by atoms with E-state index in [2.05, 4.69) is 9.97 Å². The first kappa shape index (κ1) is 11.4. The molecule has 0 saturated carbocycles. The molecule has 94 valence electrons. The number of aromatic carboxylic acids is 1. The van der Waals surface area contributed by atoms with Crippen LogP contribution in [0, 0.1) is 6.92 Å². The first-order chi connectivity index (χ1) is 9.13. The van der Waals surface area contributed by atoms with Gasteiger partial charge in [0.1, 0.15) is 11.2 Å². The quantitative estimate of drug-likeness (QED) is 0.760. The highest BCUT2D eigenvalue weighted by Crippen LogP contribution is 2.23. The molecular weight excluding hydrogens is 244 g/mol. The number of hydrogen-bond donors (Lipinski definition) is 1. The van der Waals surface area contributed by atoms with Gasteiger partial charge in [0, 0.05) is 5.69 Å². The van der Waals surface area contributed by atoms with Crippen molar-refractivity contribution >= 4 is 17.1 Å². The summed E-state index contributed by atoms with van der Waals surface area (Å²) in [6, 6.07) is 10.1. The fraction of sp³-hybridized carbons (Fsp3) is 0.0714. The van der Waals surface area contributed by atoms with Crippen LogP contribution in [0.15, 0.2) is 40.8 Å². The maximum absolute atomic E-state index is 10.9. The summed E-state index contributed by atoms with van der Waals surface area (Å²) >= 11 is 0. The Balaban J connectivity index is 2.14. The molecule has 0 aliphatic heterocycles. The summed E-state index contributed by atoms with van der Waals surface area (Å²) in [5.74, 6) is -0.596. The third-order valence-electron chi connectivity index (χ3n) is 2.74. The van der Waals surface area contributed by atoms with E-state index >= 15 is 0 Å². The van der Waals surface area contributed by atoms with Gasteiger partial charge in [0.05, 0.1) is 5.56 Å². The zero-order valence-corrected chi connectivity index (χ0v) is 10.1. The number of carboxylic acids is 1. The van der Waals surface area contributed by atoms with Gasteiger partial charge in [-0.15, -0.1) is 0 Å². The number of pyridine rings is 1. The summed E-state index contributed by atoms with van der Waals surface area (Å²) in [5.41, 5.74) is 2.74. The van der Waals surface area contributed by atoms with Crippen molar-refractivity contribution in [3.05, 3.63) is 47.7 Å². The molecule has 2 heterocycles. The van der Waals surface area contributed by atoms with Gasteiger partial charge in [0.25, 0.3) is 0 Å². The van der Waals surface area contributed by atoms with Crippen molar-refractivity contribution in [3.63, 3.8) is 0 Å². The smallest absolute Gasteiger partial charge is 0.335 e. The Labute approximate surface area is 108 Å². The average molecular weight is 254 g/mol. The number of benzene rings is 1. The second-order valence-corrected chi connectivity index (χ2v) is 4.17. The van der Waals surface area contributed by atoms with Gasteiger partial charge in [-0.05, 0) is 37.3 Å². The summed E-state index contributed by atoms with van der Waals surface area (Å²) in [7, 11) is 0. The van der Waals surface area contributed by atoms with E-state index in [4.69, 9.17) is 9.52 Å². The molecule has 0 aliphatic carbocycles. The number of hydrogen-bond acceptors (Lipinski definition) is 4. The van der Waals surface area contributed by atoms with Crippen molar-refractivity contribution in [2.24, 2.45) is 0 Å². The molecule has 0 spiro atoms. The Kier molecular flexibility index (Phi) is 2.52. The second kappa shape index (κ2) is 4.20. The first-order valence-corrected chi connectivity index (χ1v) is 5.71. The lowest BCUT2D eigenvalue weighted by atomic mass is 10.2. The van der Waals surface area contributed by atoms with E-state index in [9.17, 15) is 4.79 Å². The van der Waals surface area contributed by atoms with Crippen LogP contribution >= 0.6 is 0 Å². The maximum atomic E-state index is 10.9. The van der Waals surface area contributed by atoms with Gasteiger partial charge in [0.2, 0.25) is 5.89 Å². The lowest BCUT2D eigenvalue weighted by Gasteiger charge is -1.94. The van der Waals surface area contributed by atoms with E-state index in [-0.39, 0.29) is 5.56 Å². The highest BCUT2D eigenvalue weighted by Gasteiger charge is 2.11. The Morgan fingerprint density at radius 3 is 2.79 bits per heavy atom. The predicted octanol–water partition coefficient (Wildman–Crippen LogP) is 2.90. The van der Waals surface area contributed by atoms with Gasteiger partial charge >= 0.3 is 5.97 Å². The zero-order chi connectivity index (χ0) is 13.4. The van der Waals surface area contributed by atoms with Gasteiger partial charge in [0.15, 0.2) is 5.58 Å². The fourth-order valence-corrected chi connectivity index (χ4v) is 1.83. The molecule has 5 nitrogen and oxygen atoms in total. The third-order valence-corrected chi connectivity index (χ3v) is 2.74. The van der Waals surface area contributed by atoms with Crippen LogP contribution in [0.3, 0.4) is 0 Å². The van der Waals surface area contributed by atoms with E-state index in [1.54, 1.807) is 12.1 Å². The Morgan fingerprint density at radius 1 is 1.21 bits per heavy atom. The minimum Gasteiger partial charge on any atom is -0.478 e. The number of carboxylic acid groups (broad SMARTS) is 1. The van der Waals surface area contributed by atoms with Crippen molar-refractivity contribution in [1.82, 2.24) is 9.97 Å². The molecule has 5 heteroatoms. The van der Waals surface area contributed by atoms with Crippen LogP contribution in [0.25, 0.3) is 22.7 Å². The normalized spacial score (nSPS) is 10.8. The number of aromatic nitrogens is 2. The van der Waals surface area contributed by atoms with Crippen LogP contribution in [0.1, 0.15) is 16.1 Å². The number of oxazole rings is 1. The molecule has 0 radical (unpaired) electrons. The Bertz CT molecular complexity index is 777. The molecule has 3 rings (SSSR count). The highest BCUT2D eigenvalue weighted by molar-refractivity contribution is 5.92. The second-order valence-electron chi connectivity index (χ2n) is 4.17. The van der Waals surface area contributed by atoms with E-state index in [1.165, 1.54) is 12.1 Å². The SMILES string of the molecule is Cc1cccc(-c2nc3cc(C(=O)O)ccc3o2)n1. The molecule has 1 N–H and O–H groups in total. The molecular formula is C14H10N2O3. The van der Waals surface area contributed by atoms with Gasteiger partial charge < -0.3 is 9.52 Å². The van der Waals surface area contributed by atoms with Crippen LogP contribution in [0.2, 0.25) is 0 Å². The molecule has 2 aromatic heterocycles. The molecule has 0 aliphatic rings. The molecule has 0 atom stereocenters. The summed E-state index contributed by atoms with van der Waals surface area (Å²) in [6.45, 7) is 1.88. The van der Waals surface area contributed by atoms with Crippen LogP contribution in [0.5, 0.6) is 0 Å². The van der Waals surface area contributed by atoms with Crippen molar-refractivity contribution in [3.8, 4) is 11.6 Å². The summed E-state index contributed by atoms with van der Waals surface area (Å²) in [6.07, 6.45) is 0. The Morgan fingerprint density at radius 2 is 2.05 bits per heavy atom. The van der Waals surface area contributed by atoms with Crippen molar-refractivity contribution in [2.75, 3.05) is 0 Å². The molecule has 0 saturated heterocycles. The Hall–Kier alpha value is -2.69. The van der Waals surface area contributed by atoms with Crippen molar-refractivity contribution in [1.29, 1.82) is 0 Å². The first-order valence-electron chi connectivity index (χ1n) is 5.71. The molecule has 1 aromatic carbocycles. The minimum absolute atomic E-state index is 0.185. The van der Waals surface area contributed by atoms with Gasteiger partial charge in [-0.2, -0.15) is 0 Å². The zero-order valence-electron chi connectivity index (χ0n) is 10.1.